The second kappa shape index (κ2) is 6.39. The normalized spacial score (nSPS) is 23.4. The van der Waals surface area contributed by atoms with Gasteiger partial charge in [-0.2, -0.15) is 0 Å². The SMILES string of the molecule is CCC1CN(C(=O)c2cc(OC)cs2)C(CC)CN1. The van der Waals surface area contributed by atoms with Gasteiger partial charge in [-0.25, -0.2) is 0 Å². The van der Waals surface area contributed by atoms with Crippen molar-refractivity contribution in [2.45, 2.75) is 38.8 Å². The van der Waals surface area contributed by atoms with E-state index in [0.717, 1.165) is 36.6 Å². The van der Waals surface area contributed by atoms with E-state index in [-0.39, 0.29) is 5.91 Å². The third kappa shape index (κ3) is 3.09. The van der Waals surface area contributed by atoms with E-state index in [1.165, 1.54) is 11.3 Å². The number of amides is 1. The highest BCUT2D eigenvalue weighted by Gasteiger charge is 2.30. The van der Waals surface area contributed by atoms with E-state index in [1.807, 2.05) is 16.3 Å². The molecule has 1 amide bonds. The van der Waals surface area contributed by atoms with Crippen LogP contribution in [0.15, 0.2) is 11.4 Å². The van der Waals surface area contributed by atoms with Crippen molar-refractivity contribution in [2.75, 3.05) is 20.2 Å². The van der Waals surface area contributed by atoms with E-state index < -0.39 is 0 Å². The lowest BCUT2D eigenvalue weighted by molar-refractivity contribution is 0.0580. The Morgan fingerprint density at radius 2 is 2.32 bits per heavy atom. The Balaban J connectivity index is 2.14. The van der Waals surface area contributed by atoms with Crippen molar-refractivity contribution in [3.8, 4) is 5.75 Å². The van der Waals surface area contributed by atoms with Crippen LogP contribution in [0.2, 0.25) is 0 Å². The van der Waals surface area contributed by atoms with Crippen molar-refractivity contribution in [1.29, 1.82) is 0 Å². The van der Waals surface area contributed by atoms with Gasteiger partial charge in [-0.15, -0.1) is 11.3 Å². The summed E-state index contributed by atoms with van der Waals surface area (Å²) in [4.78, 5) is 15.4. The van der Waals surface area contributed by atoms with Crippen molar-refractivity contribution < 1.29 is 9.53 Å². The van der Waals surface area contributed by atoms with Gasteiger partial charge in [-0.3, -0.25) is 4.79 Å². The fourth-order valence-corrected chi connectivity index (χ4v) is 3.24. The van der Waals surface area contributed by atoms with Crippen LogP contribution in [0.3, 0.4) is 0 Å². The second-order valence-corrected chi connectivity index (χ2v) is 5.80. The van der Waals surface area contributed by atoms with Crippen molar-refractivity contribution in [2.24, 2.45) is 0 Å². The minimum Gasteiger partial charge on any atom is -0.496 e. The molecule has 2 rings (SSSR count). The average Bonchev–Trinajstić information content (AvgIpc) is 2.94. The smallest absolute Gasteiger partial charge is 0.264 e. The molecule has 5 heteroatoms. The maximum atomic E-state index is 12.6. The number of piperazine rings is 1. The third-order valence-corrected chi connectivity index (χ3v) is 4.64. The quantitative estimate of drug-likeness (QED) is 0.922. The van der Waals surface area contributed by atoms with Gasteiger partial charge in [0.1, 0.15) is 5.75 Å². The summed E-state index contributed by atoms with van der Waals surface area (Å²) in [6, 6.07) is 2.54. The summed E-state index contributed by atoms with van der Waals surface area (Å²) in [6.07, 6.45) is 2.03. The van der Waals surface area contributed by atoms with Gasteiger partial charge in [0.25, 0.3) is 5.91 Å². The predicted molar refractivity (Wildman–Crippen MR) is 78.1 cm³/mol. The summed E-state index contributed by atoms with van der Waals surface area (Å²) in [5.74, 6) is 0.906. The molecule has 1 aliphatic heterocycles. The predicted octanol–water partition coefficient (Wildman–Crippen LogP) is 2.36. The molecule has 4 nitrogen and oxygen atoms in total. The van der Waals surface area contributed by atoms with E-state index in [2.05, 4.69) is 19.2 Å². The first-order valence-corrected chi connectivity index (χ1v) is 7.74. The highest BCUT2D eigenvalue weighted by atomic mass is 32.1. The van der Waals surface area contributed by atoms with Crippen molar-refractivity contribution in [3.63, 3.8) is 0 Å². The zero-order valence-electron chi connectivity index (χ0n) is 11.8. The van der Waals surface area contributed by atoms with E-state index >= 15 is 0 Å². The molecular weight excluding hydrogens is 260 g/mol. The van der Waals surface area contributed by atoms with Gasteiger partial charge in [0, 0.05) is 36.6 Å². The first-order chi connectivity index (χ1) is 9.19. The molecule has 0 bridgehead atoms. The Morgan fingerprint density at radius 1 is 1.53 bits per heavy atom. The number of nitrogens with zero attached hydrogens (tertiary/aromatic N) is 1. The van der Waals surface area contributed by atoms with Crippen molar-refractivity contribution in [3.05, 3.63) is 16.3 Å². The molecule has 1 aromatic heterocycles. The van der Waals surface area contributed by atoms with E-state index in [4.69, 9.17) is 4.74 Å². The minimum atomic E-state index is 0.139. The summed E-state index contributed by atoms with van der Waals surface area (Å²) in [5, 5.41) is 5.39. The Morgan fingerprint density at radius 3 is 2.89 bits per heavy atom. The van der Waals surface area contributed by atoms with Crippen molar-refractivity contribution in [1.82, 2.24) is 10.2 Å². The molecule has 0 spiro atoms. The molecule has 106 valence electrons. The van der Waals surface area contributed by atoms with Crippen LogP contribution in [0.25, 0.3) is 0 Å². The summed E-state index contributed by atoms with van der Waals surface area (Å²) >= 11 is 1.46. The highest BCUT2D eigenvalue weighted by molar-refractivity contribution is 7.12. The second-order valence-electron chi connectivity index (χ2n) is 4.88. The molecular formula is C14H22N2O2S. The van der Waals surface area contributed by atoms with Crippen LogP contribution in [-0.2, 0) is 0 Å². The Hall–Kier alpha value is -1.07. The molecule has 0 radical (unpaired) electrons. The topological polar surface area (TPSA) is 41.6 Å². The molecule has 1 aromatic rings. The highest BCUT2D eigenvalue weighted by Crippen LogP contribution is 2.24. The van der Waals surface area contributed by atoms with Crippen LogP contribution >= 0.6 is 11.3 Å². The Kier molecular flexibility index (Phi) is 4.82. The lowest BCUT2D eigenvalue weighted by Crippen LogP contribution is -2.57. The molecule has 1 N–H and O–H groups in total. The van der Waals surface area contributed by atoms with Gasteiger partial charge in [0.15, 0.2) is 0 Å². The third-order valence-electron chi connectivity index (χ3n) is 3.75. The average molecular weight is 282 g/mol. The number of carbonyl (C=O) groups is 1. The number of methoxy groups -OCH3 is 1. The summed E-state index contributed by atoms with van der Waals surface area (Å²) in [5.41, 5.74) is 0. The molecule has 1 saturated heterocycles. The molecule has 2 heterocycles. The maximum absolute atomic E-state index is 12.6. The minimum absolute atomic E-state index is 0.139. The lowest BCUT2D eigenvalue weighted by atomic mass is 10.0. The molecule has 2 unspecified atom stereocenters. The first-order valence-electron chi connectivity index (χ1n) is 6.86. The molecule has 1 fully saturated rings. The Bertz CT molecular complexity index is 433. The number of nitrogens with one attached hydrogen (secondary N) is 1. The largest absolute Gasteiger partial charge is 0.496 e. The molecule has 0 aliphatic carbocycles. The van der Waals surface area contributed by atoms with Gasteiger partial charge in [0.05, 0.1) is 12.0 Å². The van der Waals surface area contributed by atoms with E-state index in [0.29, 0.717) is 12.1 Å². The molecule has 19 heavy (non-hydrogen) atoms. The van der Waals surface area contributed by atoms with Crippen LogP contribution in [0.1, 0.15) is 36.4 Å². The van der Waals surface area contributed by atoms with Gasteiger partial charge in [-0.1, -0.05) is 13.8 Å². The maximum Gasteiger partial charge on any atom is 0.264 e. The fraction of sp³-hybridized carbons (Fsp3) is 0.643. The van der Waals surface area contributed by atoms with Crippen molar-refractivity contribution >= 4 is 17.2 Å². The number of ether oxygens (including phenoxy) is 1. The Labute approximate surface area is 118 Å². The van der Waals surface area contributed by atoms with Crippen LogP contribution in [-0.4, -0.2) is 43.1 Å². The summed E-state index contributed by atoms with van der Waals surface area (Å²) < 4.78 is 5.16. The molecule has 1 aliphatic rings. The zero-order chi connectivity index (χ0) is 13.8. The molecule has 0 aromatic carbocycles. The zero-order valence-corrected chi connectivity index (χ0v) is 12.6. The molecule has 0 saturated carbocycles. The number of hydrogen-bond acceptors (Lipinski definition) is 4. The number of hydrogen-bond donors (Lipinski definition) is 1. The van der Waals surface area contributed by atoms with Gasteiger partial charge in [-0.05, 0) is 12.8 Å². The monoisotopic (exact) mass is 282 g/mol. The lowest BCUT2D eigenvalue weighted by Gasteiger charge is -2.39. The van der Waals surface area contributed by atoms with Crippen LogP contribution in [0, 0.1) is 0 Å². The van der Waals surface area contributed by atoms with Gasteiger partial charge < -0.3 is 15.0 Å². The van der Waals surface area contributed by atoms with E-state index in [1.54, 1.807) is 7.11 Å². The van der Waals surface area contributed by atoms with Gasteiger partial charge >= 0.3 is 0 Å². The number of rotatable bonds is 4. The first kappa shape index (κ1) is 14.3. The fourth-order valence-electron chi connectivity index (χ4n) is 2.43. The van der Waals surface area contributed by atoms with Gasteiger partial charge in [0.2, 0.25) is 0 Å². The summed E-state index contributed by atoms with van der Waals surface area (Å²) in [6.45, 7) is 5.98. The van der Waals surface area contributed by atoms with Crippen LogP contribution in [0.4, 0.5) is 0 Å². The van der Waals surface area contributed by atoms with E-state index in [9.17, 15) is 4.79 Å². The van der Waals surface area contributed by atoms with Crippen LogP contribution < -0.4 is 10.1 Å². The summed E-state index contributed by atoms with van der Waals surface area (Å²) in [7, 11) is 1.63. The molecule has 2 atom stereocenters. The number of thiophene rings is 1. The number of carbonyl (C=O) groups excluding carboxylic acids is 1. The van der Waals surface area contributed by atoms with Crippen LogP contribution in [0.5, 0.6) is 5.75 Å². The standard InChI is InChI=1S/C14H22N2O2S/c1-4-10-8-16(11(5-2)7-15-10)14(17)13-6-12(18-3)9-19-13/h6,9-11,15H,4-5,7-8H2,1-3H3.